The lowest BCUT2D eigenvalue weighted by Crippen LogP contribution is -2.49. The summed E-state index contributed by atoms with van der Waals surface area (Å²) in [5, 5.41) is 3.41. The molecule has 0 aliphatic carbocycles. The van der Waals surface area contributed by atoms with Gasteiger partial charge in [-0.05, 0) is 19.3 Å². The van der Waals surface area contributed by atoms with Crippen molar-refractivity contribution in [3.05, 3.63) is 16.1 Å². The Morgan fingerprint density at radius 3 is 2.45 bits per heavy atom. The molecule has 3 heterocycles. The molecule has 2 aliphatic rings. The Morgan fingerprint density at radius 1 is 1.14 bits per heavy atom. The van der Waals surface area contributed by atoms with E-state index in [2.05, 4.69) is 27.1 Å². The molecule has 0 unspecified atom stereocenters. The third kappa shape index (κ3) is 4.06. The maximum Gasteiger partial charge on any atom is 0.236 e. The van der Waals surface area contributed by atoms with E-state index in [1.165, 1.54) is 23.5 Å². The van der Waals surface area contributed by atoms with E-state index in [4.69, 9.17) is 0 Å². The number of carbonyl (C=O) groups is 1. The summed E-state index contributed by atoms with van der Waals surface area (Å²) in [5.41, 5.74) is 1.20. The van der Waals surface area contributed by atoms with E-state index in [9.17, 15) is 4.79 Å². The Bertz CT molecular complexity index is 490. The monoisotopic (exact) mass is 322 g/mol. The summed E-state index contributed by atoms with van der Waals surface area (Å²) in [7, 11) is 0. The van der Waals surface area contributed by atoms with Crippen LogP contribution >= 0.6 is 11.3 Å². The number of piperazine rings is 1. The molecule has 2 fully saturated rings. The predicted molar refractivity (Wildman–Crippen MR) is 89.0 cm³/mol. The smallest absolute Gasteiger partial charge is 0.236 e. The second-order valence-electron chi connectivity index (χ2n) is 6.23. The van der Waals surface area contributed by atoms with Gasteiger partial charge in [-0.1, -0.05) is 6.92 Å². The molecule has 0 saturated carbocycles. The highest BCUT2D eigenvalue weighted by atomic mass is 32.1. The van der Waals surface area contributed by atoms with Crippen molar-refractivity contribution in [3.63, 3.8) is 0 Å². The van der Waals surface area contributed by atoms with Gasteiger partial charge in [0.25, 0.3) is 0 Å². The predicted octanol–water partition coefficient (Wildman–Crippen LogP) is 1.45. The second-order valence-corrected chi connectivity index (χ2v) is 7.17. The number of thiazole rings is 1. The minimum atomic E-state index is 0.318. The van der Waals surface area contributed by atoms with Crippen LogP contribution in [0.1, 0.15) is 30.5 Å². The largest absolute Gasteiger partial charge is 0.342 e. The average molecular weight is 322 g/mol. The molecular weight excluding hydrogens is 296 g/mol. The minimum Gasteiger partial charge on any atom is -0.342 e. The topological polar surface area (TPSA) is 39.7 Å². The van der Waals surface area contributed by atoms with Crippen LogP contribution in [0.3, 0.4) is 0 Å². The highest BCUT2D eigenvalue weighted by molar-refractivity contribution is 7.09. The first kappa shape index (κ1) is 15.9. The maximum atomic E-state index is 12.2. The fourth-order valence-electron chi connectivity index (χ4n) is 3.18. The second kappa shape index (κ2) is 7.53. The Labute approximate surface area is 136 Å². The summed E-state index contributed by atoms with van der Waals surface area (Å²) >= 11 is 1.76. The maximum absolute atomic E-state index is 12.2. The molecule has 0 bridgehead atoms. The van der Waals surface area contributed by atoms with Gasteiger partial charge in [0.1, 0.15) is 0 Å². The van der Waals surface area contributed by atoms with Gasteiger partial charge in [0.15, 0.2) is 0 Å². The van der Waals surface area contributed by atoms with E-state index < -0.39 is 0 Å². The standard InChI is InChI=1S/C16H26N4OS/c1-2-15-17-14(13-22-15)11-18-7-9-19(10-8-18)12-16(21)20-5-3-4-6-20/h13H,2-12H2,1H3. The van der Waals surface area contributed by atoms with Crippen molar-refractivity contribution in [2.45, 2.75) is 32.7 Å². The fraction of sp³-hybridized carbons (Fsp3) is 0.750. The van der Waals surface area contributed by atoms with E-state index >= 15 is 0 Å². The normalized spacial score (nSPS) is 20.7. The summed E-state index contributed by atoms with van der Waals surface area (Å²) in [6.45, 7) is 9.67. The number of hydrogen-bond acceptors (Lipinski definition) is 5. The average Bonchev–Trinajstić information content (AvgIpc) is 3.20. The molecule has 122 valence electrons. The van der Waals surface area contributed by atoms with Crippen molar-refractivity contribution in [1.29, 1.82) is 0 Å². The number of amides is 1. The first-order chi connectivity index (χ1) is 10.7. The van der Waals surface area contributed by atoms with Crippen LogP contribution in [0.4, 0.5) is 0 Å². The highest BCUT2D eigenvalue weighted by Gasteiger charge is 2.23. The van der Waals surface area contributed by atoms with Crippen molar-refractivity contribution in [2.75, 3.05) is 45.8 Å². The molecule has 0 radical (unpaired) electrons. The highest BCUT2D eigenvalue weighted by Crippen LogP contribution is 2.14. The molecule has 1 amide bonds. The Morgan fingerprint density at radius 2 is 1.82 bits per heavy atom. The van der Waals surface area contributed by atoms with E-state index in [1.807, 2.05) is 4.90 Å². The van der Waals surface area contributed by atoms with Gasteiger partial charge in [-0.3, -0.25) is 14.6 Å². The number of aromatic nitrogens is 1. The van der Waals surface area contributed by atoms with Crippen LogP contribution in [-0.4, -0.2) is 71.4 Å². The molecular formula is C16H26N4OS. The molecule has 0 spiro atoms. The van der Waals surface area contributed by atoms with Crippen molar-refractivity contribution in [2.24, 2.45) is 0 Å². The van der Waals surface area contributed by atoms with Crippen molar-refractivity contribution < 1.29 is 4.79 Å². The lowest BCUT2D eigenvalue weighted by atomic mass is 10.3. The fourth-order valence-corrected chi connectivity index (χ4v) is 3.91. The lowest BCUT2D eigenvalue weighted by molar-refractivity contribution is -0.131. The quantitative estimate of drug-likeness (QED) is 0.822. The van der Waals surface area contributed by atoms with Crippen LogP contribution in [0.5, 0.6) is 0 Å². The third-order valence-electron chi connectivity index (χ3n) is 4.57. The summed E-state index contributed by atoms with van der Waals surface area (Å²) < 4.78 is 0. The zero-order chi connectivity index (χ0) is 15.4. The summed E-state index contributed by atoms with van der Waals surface area (Å²) in [4.78, 5) is 23.6. The molecule has 2 saturated heterocycles. The van der Waals surface area contributed by atoms with Crippen LogP contribution in [0.15, 0.2) is 5.38 Å². The van der Waals surface area contributed by atoms with Gasteiger partial charge < -0.3 is 4.90 Å². The van der Waals surface area contributed by atoms with Gasteiger partial charge >= 0.3 is 0 Å². The zero-order valence-corrected chi connectivity index (χ0v) is 14.3. The number of rotatable bonds is 5. The van der Waals surface area contributed by atoms with E-state index in [-0.39, 0.29) is 0 Å². The molecule has 1 aromatic heterocycles. The number of carbonyl (C=O) groups excluding carboxylic acids is 1. The summed E-state index contributed by atoms with van der Waals surface area (Å²) in [5.74, 6) is 0.318. The van der Waals surface area contributed by atoms with Crippen molar-refractivity contribution in [3.8, 4) is 0 Å². The van der Waals surface area contributed by atoms with Crippen LogP contribution in [-0.2, 0) is 17.8 Å². The van der Waals surface area contributed by atoms with Gasteiger partial charge in [-0.15, -0.1) is 11.3 Å². The first-order valence-electron chi connectivity index (χ1n) is 8.40. The molecule has 6 heteroatoms. The molecule has 3 rings (SSSR count). The van der Waals surface area contributed by atoms with Gasteiger partial charge in [0, 0.05) is 51.2 Å². The number of aryl methyl sites for hydroxylation is 1. The molecule has 22 heavy (non-hydrogen) atoms. The summed E-state index contributed by atoms with van der Waals surface area (Å²) in [6, 6.07) is 0. The molecule has 0 aromatic carbocycles. The zero-order valence-electron chi connectivity index (χ0n) is 13.5. The van der Waals surface area contributed by atoms with Crippen LogP contribution in [0.2, 0.25) is 0 Å². The van der Waals surface area contributed by atoms with Gasteiger partial charge in [0.05, 0.1) is 17.2 Å². The third-order valence-corrected chi connectivity index (χ3v) is 5.61. The Kier molecular flexibility index (Phi) is 5.44. The van der Waals surface area contributed by atoms with Gasteiger partial charge in [0.2, 0.25) is 5.91 Å². The summed E-state index contributed by atoms with van der Waals surface area (Å²) in [6.07, 6.45) is 3.37. The van der Waals surface area contributed by atoms with E-state index in [1.54, 1.807) is 11.3 Å². The first-order valence-corrected chi connectivity index (χ1v) is 9.28. The molecule has 5 nitrogen and oxygen atoms in total. The lowest BCUT2D eigenvalue weighted by Gasteiger charge is -2.34. The van der Waals surface area contributed by atoms with Crippen LogP contribution in [0.25, 0.3) is 0 Å². The van der Waals surface area contributed by atoms with E-state index in [0.717, 1.165) is 52.2 Å². The minimum absolute atomic E-state index is 0.318. The number of hydrogen-bond donors (Lipinski definition) is 0. The Hall–Kier alpha value is -0.980. The van der Waals surface area contributed by atoms with Crippen LogP contribution in [0, 0.1) is 0 Å². The molecule has 2 aliphatic heterocycles. The van der Waals surface area contributed by atoms with E-state index in [0.29, 0.717) is 12.5 Å². The number of likely N-dealkylation sites (tertiary alicyclic amines) is 1. The van der Waals surface area contributed by atoms with Crippen molar-refractivity contribution in [1.82, 2.24) is 19.7 Å². The SMILES string of the molecule is CCc1nc(CN2CCN(CC(=O)N3CCCC3)CC2)cs1. The molecule has 1 aromatic rings. The van der Waals surface area contributed by atoms with Gasteiger partial charge in [-0.2, -0.15) is 0 Å². The molecule has 0 atom stereocenters. The number of nitrogens with zero attached hydrogens (tertiary/aromatic N) is 4. The molecule has 0 N–H and O–H groups in total. The Balaban J connectivity index is 1.41. The van der Waals surface area contributed by atoms with Crippen molar-refractivity contribution >= 4 is 17.2 Å². The van der Waals surface area contributed by atoms with Crippen LogP contribution < -0.4 is 0 Å². The van der Waals surface area contributed by atoms with Gasteiger partial charge in [-0.25, -0.2) is 4.98 Å².